The molecule has 2 amide bonds. The molecule has 0 fully saturated rings. The Morgan fingerprint density at radius 1 is 0.971 bits per heavy atom. The quantitative estimate of drug-likeness (QED) is 0.205. The first-order valence-corrected chi connectivity index (χ1v) is 10.7. The lowest BCUT2D eigenvalue weighted by Crippen LogP contribution is -2.18. The summed E-state index contributed by atoms with van der Waals surface area (Å²) in [6.45, 7) is 0.0402. The molecule has 0 unspecified atom stereocenters. The van der Waals surface area contributed by atoms with Crippen molar-refractivity contribution in [1.82, 2.24) is 4.57 Å². The highest BCUT2D eigenvalue weighted by Crippen LogP contribution is 2.24. The Balaban J connectivity index is 1.58. The van der Waals surface area contributed by atoms with Crippen molar-refractivity contribution in [3.05, 3.63) is 95.2 Å². The molecule has 7 nitrogen and oxygen atoms in total. The van der Waals surface area contributed by atoms with E-state index in [1.165, 1.54) is 30.3 Å². The smallest absolute Gasteiger partial charge is 0.266 e. The molecule has 0 atom stereocenters. The summed E-state index contributed by atoms with van der Waals surface area (Å²) in [7, 11) is 0. The fraction of sp³-hybridized carbons (Fsp3) is 0.0385. The summed E-state index contributed by atoms with van der Waals surface area (Å²) < 4.78 is 1.76. The molecule has 0 bridgehead atoms. The highest BCUT2D eigenvalue weighted by Gasteiger charge is 2.14. The van der Waals surface area contributed by atoms with Gasteiger partial charge in [-0.2, -0.15) is 5.26 Å². The van der Waals surface area contributed by atoms with Crippen LogP contribution in [0.25, 0.3) is 17.0 Å². The number of carbonyl (C=O) groups is 2. The summed E-state index contributed by atoms with van der Waals surface area (Å²) in [5.41, 5.74) is 2.40. The van der Waals surface area contributed by atoms with Crippen molar-refractivity contribution in [2.75, 3.05) is 10.6 Å². The zero-order valence-electron chi connectivity index (χ0n) is 17.8. The Kier molecular flexibility index (Phi) is 6.62. The van der Waals surface area contributed by atoms with Crippen LogP contribution in [0.5, 0.6) is 5.75 Å². The monoisotopic (exact) mass is 470 g/mol. The van der Waals surface area contributed by atoms with Gasteiger partial charge in [-0.15, -0.1) is 0 Å². The molecule has 3 aromatic carbocycles. The molecule has 0 radical (unpaired) electrons. The van der Waals surface area contributed by atoms with Gasteiger partial charge in [0.05, 0.1) is 0 Å². The van der Waals surface area contributed by atoms with E-state index >= 15 is 0 Å². The van der Waals surface area contributed by atoms with Gasteiger partial charge in [-0.25, -0.2) is 0 Å². The van der Waals surface area contributed by atoms with Crippen LogP contribution in [0.3, 0.4) is 0 Å². The van der Waals surface area contributed by atoms with E-state index in [0.717, 1.165) is 10.9 Å². The number of phenolic OH excluding ortho intramolecular Hbond substituents is 1. The molecule has 0 saturated carbocycles. The summed E-state index contributed by atoms with van der Waals surface area (Å²) >= 11 is 5.89. The van der Waals surface area contributed by atoms with E-state index in [1.807, 2.05) is 30.3 Å². The van der Waals surface area contributed by atoms with Gasteiger partial charge in [0.15, 0.2) is 0 Å². The second-order valence-electron chi connectivity index (χ2n) is 7.46. The molecule has 34 heavy (non-hydrogen) atoms. The second-order valence-corrected chi connectivity index (χ2v) is 7.89. The second kappa shape index (κ2) is 9.94. The number of phenols is 1. The molecular formula is C26H19ClN4O3. The number of aromatic nitrogens is 1. The number of nitrogens with zero attached hydrogens (tertiary/aromatic N) is 2. The van der Waals surface area contributed by atoms with Crippen molar-refractivity contribution >= 4 is 51.8 Å². The number of amides is 2. The van der Waals surface area contributed by atoms with E-state index in [9.17, 15) is 20.0 Å². The number of hydrogen-bond donors (Lipinski definition) is 3. The van der Waals surface area contributed by atoms with E-state index in [2.05, 4.69) is 10.6 Å². The number of aromatic hydroxyl groups is 1. The normalized spacial score (nSPS) is 11.1. The average Bonchev–Trinajstić information content (AvgIpc) is 3.17. The molecule has 1 aromatic heterocycles. The van der Waals surface area contributed by atoms with Gasteiger partial charge >= 0.3 is 0 Å². The number of benzene rings is 3. The molecule has 4 aromatic rings. The van der Waals surface area contributed by atoms with E-state index in [1.54, 1.807) is 35.0 Å². The van der Waals surface area contributed by atoms with E-state index in [-0.39, 0.29) is 23.8 Å². The molecule has 8 heteroatoms. The highest BCUT2D eigenvalue weighted by molar-refractivity contribution is 6.30. The average molecular weight is 471 g/mol. The van der Waals surface area contributed by atoms with Gasteiger partial charge in [-0.3, -0.25) is 9.59 Å². The lowest BCUT2D eigenvalue weighted by atomic mass is 10.1. The Morgan fingerprint density at radius 3 is 2.32 bits per heavy atom. The number of fused-ring (bicyclic) bond motifs is 1. The maximum Gasteiger partial charge on any atom is 0.266 e. The third kappa shape index (κ3) is 5.26. The molecule has 0 aliphatic rings. The van der Waals surface area contributed by atoms with Crippen LogP contribution in [0, 0.1) is 11.3 Å². The Hall–Kier alpha value is -4.54. The lowest BCUT2D eigenvalue weighted by Gasteiger charge is -2.07. The molecular weight excluding hydrogens is 452 g/mol. The van der Waals surface area contributed by atoms with E-state index in [4.69, 9.17) is 11.6 Å². The zero-order chi connectivity index (χ0) is 24.1. The number of carbonyl (C=O) groups excluding carboxylic acids is 2. The van der Waals surface area contributed by atoms with Gasteiger partial charge in [0.2, 0.25) is 5.91 Å². The van der Waals surface area contributed by atoms with Gasteiger partial charge in [0.1, 0.15) is 23.9 Å². The Bertz CT molecular complexity index is 1430. The summed E-state index contributed by atoms with van der Waals surface area (Å²) in [5, 5.41) is 25.8. The molecule has 4 rings (SSSR count). The minimum Gasteiger partial charge on any atom is -0.508 e. The number of halogens is 1. The molecule has 1 heterocycles. The lowest BCUT2D eigenvalue weighted by molar-refractivity contribution is -0.116. The van der Waals surface area contributed by atoms with Crippen LogP contribution in [0.15, 0.2) is 84.6 Å². The molecule has 0 aliphatic heterocycles. The first-order valence-electron chi connectivity index (χ1n) is 10.3. The standard InChI is InChI=1S/C26H19ClN4O3/c27-19-5-7-20(8-6-19)29-25(33)16-31-15-18(23-3-1-2-4-24(23)31)13-17(14-28)26(34)30-21-9-11-22(32)12-10-21/h1-13,15,32H,16H2,(H,29,33)(H,30,34). The largest absolute Gasteiger partial charge is 0.508 e. The van der Waals surface area contributed by atoms with Gasteiger partial charge in [0.25, 0.3) is 5.91 Å². The summed E-state index contributed by atoms with van der Waals surface area (Å²) in [6, 6.07) is 22.1. The Morgan fingerprint density at radius 2 is 1.62 bits per heavy atom. The molecule has 0 aliphatic carbocycles. The van der Waals surface area contributed by atoms with Crippen molar-refractivity contribution in [3.8, 4) is 11.8 Å². The van der Waals surface area contributed by atoms with E-state index in [0.29, 0.717) is 22.0 Å². The number of anilines is 2. The number of para-hydroxylation sites is 1. The highest BCUT2D eigenvalue weighted by atomic mass is 35.5. The SMILES string of the molecule is N#CC(=Cc1cn(CC(=O)Nc2ccc(Cl)cc2)c2ccccc12)C(=O)Nc1ccc(O)cc1. The fourth-order valence-electron chi connectivity index (χ4n) is 3.46. The minimum atomic E-state index is -0.578. The van der Waals surface area contributed by atoms with Crippen LogP contribution in [-0.2, 0) is 16.1 Å². The van der Waals surface area contributed by atoms with Crippen molar-refractivity contribution in [2.24, 2.45) is 0 Å². The third-order valence-electron chi connectivity index (χ3n) is 5.05. The number of nitrogens with one attached hydrogen (secondary N) is 2. The van der Waals surface area contributed by atoms with Gasteiger partial charge < -0.3 is 20.3 Å². The molecule has 0 saturated heterocycles. The predicted molar refractivity (Wildman–Crippen MR) is 132 cm³/mol. The van der Waals surface area contributed by atoms with Gasteiger partial charge in [0, 0.05) is 39.1 Å². The molecule has 168 valence electrons. The van der Waals surface area contributed by atoms with Gasteiger partial charge in [-0.05, 0) is 60.7 Å². The van der Waals surface area contributed by atoms with Crippen LogP contribution in [0.1, 0.15) is 5.56 Å². The minimum absolute atomic E-state index is 0.0402. The van der Waals surface area contributed by atoms with Crippen molar-refractivity contribution < 1.29 is 14.7 Å². The van der Waals surface area contributed by atoms with Crippen LogP contribution in [0.2, 0.25) is 5.02 Å². The maximum absolute atomic E-state index is 12.6. The fourth-order valence-corrected chi connectivity index (χ4v) is 3.58. The van der Waals surface area contributed by atoms with Crippen LogP contribution in [0.4, 0.5) is 11.4 Å². The third-order valence-corrected chi connectivity index (χ3v) is 5.30. The van der Waals surface area contributed by atoms with E-state index < -0.39 is 5.91 Å². The summed E-state index contributed by atoms with van der Waals surface area (Å²) in [5.74, 6) is -0.739. The van der Waals surface area contributed by atoms with Crippen LogP contribution >= 0.6 is 11.6 Å². The maximum atomic E-state index is 12.6. The topological polar surface area (TPSA) is 107 Å². The van der Waals surface area contributed by atoms with Crippen molar-refractivity contribution in [1.29, 1.82) is 5.26 Å². The first-order chi connectivity index (χ1) is 16.4. The zero-order valence-corrected chi connectivity index (χ0v) is 18.6. The van der Waals surface area contributed by atoms with Crippen molar-refractivity contribution in [2.45, 2.75) is 6.54 Å². The molecule has 3 N–H and O–H groups in total. The van der Waals surface area contributed by atoms with Crippen LogP contribution in [-0.4, -0.2) is 21.5 Å². The van der Waals surface area contributed by atoms with Crippen molar-refractivity contribution in [3.63, 3.8) is 0 Å². The number of hydrogen-bond acceptors (Lipinski definition) is 4. The van der Waals surface area contributed by atoms with Gasteiger partial charge in [-0.1, -0.05) is 29.8 Å². The summed E-state index contributed by atoms with van der Waals surface area (Å²) in [6.07, 6.45) is 3.23. The number of rotatable bonds is 6. The first kappa shape index (κ1) is 22.6. The molecule has 0 spiro atoms. The summed E-state index contributed by atoms with van der Waals surface area (Å²) in [4.78, 5) is 25.3. The Labute approximate surface area is 200 Å². The predicted octanol–water partition coefficient (Wildman–Crippen LogP) is 5.18. The van der Waals surface area contributed by atoms with Crippen LogP contribution < -0.4 is 10.6 Å². The number of nitriles is 1.